The molecule has 2 heteroatoms. The van der Waals surface area contributed by atoms with Crippen molar-refractivity contribution >= 4 is 0 Å². The molecule has 2 rings (SSSR count). The second-order valence-electron chi connectivity index (χ2n) is 7.08. The lowest BCUT2D eigenvalue weighted by Gasteiger charge is -2.33. The summed E-state index contributed by atoms with van der Waals surface area (Å²) >= 11 is 0. The van der Waals surface area contributed by atoms with Crippen LogP contribution in [0.15, 0.2) is 24.3 Å². The second kappa shape index (κ2) is 7.95. The summed E-state index contributed by atoms with van der Waals surface area (Å²) in [5.74, 6) is 1.45. The number of rotatable bonds is 5. The van der Waals surface area contributed by atoms with Gasteiger partial charge in [0.15, 0.2) is 0 Å². The van der Waals surface area contributed by atoms with E-state index >= 15 is 0 Å². The van der Waals surface area contributed by atoms with Crippen molar-refractivity contribution in [1.29, 1.82) is 0 Å². The fourth-order valence-electron chi connectivity index (χ4n) is 3.75. The lowest BCUT2D eigenvalue weighted by molar-refractivity contribution is 0.191. The van der Waals surface area contributed by atoms with E-state index in [4.69, 9.17) is 0 Å². The first kappa shape index (κ1) is 16.5. The Labute approximate surface area is 130 Å². The minimum absolute atomic E-state index is 0.563. The minimum atomic E-state index is 0.563. The number of nitrogens with one attached hydrogen (secondary N) is 1. The van der Waals surface area contributed by atoms with Crippen LogP contribution in [0.5, 0.6) is 0 Å². The van der Waals surface area contributed by atoms with Gasteiger partial charge in [0.25, 0.3) is 0 Å². The Balaban J connectivity index is 2.18. The molecule has 1 aliphatic heterocycles. The molecule has 118 valence electrons. The SMILES string of the molecule is CNCC1CCCCN(C)C1c1ccc(CC(C)C)cc1. The van der Waals surface area contributed by atoms with E-state index in [0.29, 0.717) is 6.04 Å². The molecule has 1 aromatic rings. The summed E-state index contributed by atoms with van der Waals surface area (Å²) < 4.78 is 0. The van der Waals surface area contributed by atoms with Gasteiger partial charge in [0.2, 0.25) is 0 Å². The highest BCUT2D eigenvalue weighted by Crippen LogP contribution is 2.34. The van der Waals surface area contributed by atoms with Crippen LogP contribution in [0.2, 0.25) is 0 Å². The largest absolute Gasteiger partial charge is 0.319 e. The third-order valence-corrected chi connectivity index (χ3v) is 4.69. The van der Waals surface area contributed by atoms with Gasteiger partial charge in [-0.25, -0.2) is 0 Å². The summed E-state index contributed by atoms with van der Waals surface area (Å²) in [5.41, 5.74) is 2.96. The molecule has 0 amide bonds. The number of benzene rings is 1. The molecule has 1 saturated heterocycles. The van der Waals surface area contributed by atoms with Crippen LogP contribution in [-0.4, -0.2) is 32.1 Å². The molecule has 2 unspecified atom stereocenters. The lowest BCUT2D eigenvalue weighted by atomic mass is 9.88. The van der Waals surface area contributed by atoms with Gasteiger partial charge in [-0.2, -0.15) is 0 Å². The van der Waals surface area contributed by atoms with E-state index in [2.05, 4.69) is 62.4 Å². The predicted molar refractivity (Wildman–Crippen MR) is 91.6 cm³/mol. The van der Waals surface area contributed by atoms with Gasteiger partial charge in [0.05, 0.1) is 0 Å². The summed E-state index contributed by atoms with van der Waals surface area (Å²) in [7, 11) is 4.37. The average Bonchev–Trinajstić information content (AvgIpc) is 2.62. The normalized spacial score (nSPS) is 24.2. The maximum absolute atomic E-state index is 3.40. The minimum Gasteiger partial charge on any atom is -0.319 e. The van der Waals surface area contributed by atoms with Crippen molar-refractivity contribution < 1.29 is 0 Å². The van der Waals surface area contributed by atoms with E-state index in [1.807, 2.05) is 0 Å². The van der Waals surface area contributed by atoms with Crippen LogP contribution in [0.4, 0.5) is 0 Å². The molecule has 2 nitrogen and oxygen atoms in total. The van der Waals surface area contributed by atoms with E-state index in [-0.39, 0.29) is 0 Å². The van der Waals surface area contributed by atoms with Crippen LogP contribution in [0.1, 0.15) is 50.3 Å². The monoisotopic (exact) mass is 288 g/mol. The van der Waals surface area contributed by atoms with Crippen LogP contribution in [0.3, 0.4) is 0 Å². The third-order valence-electron chi connectivity index (χ3n) is 4.69. The molecule has 21 heavy (non-hydrogen) atoms. The second-order valence-corrected chi connectivity index (χ2v) is 7.08. The predicted octanol–water partition coefficient (Wildman–Crippen LogP) is 3.88. The van der Waals surface area contributed by atoms with E-state index in [9.17, 15) is 0 Å². The first-order valence-electron chi connectivity index (χ1n) is 8.55. The molecule has 0 aromatic heterocycles. The van der Waals surface area contributed by atoms with Crippen molar-refractivity contribution in [3.63, 3.8) is 0 Å². The molecule has 0 aliphatic carbocycles. The molecule has 1 aliphatic rings. The van der Waals surface area contributed by atoms with Crippen molar-refractivity contribution in [2.24, 2.45) is 11.8 Å². The Kier molecular flexibility index (Phi) is 6.25. The highest BCUT2D eigenvalue weighted by molar-refractivity contribution is 5.26. The Morgan fingerprint density at radius 1 is 1.19 bits per heavy atom. The highest BCUT2D eigenvalue weighted by atomic mass is 15.1. The fourth-order valence-corrected chi connectivity index (χ4v) is 3.75. The summed E-state index contributed by atoms with van der Waals surface area (Å²) in [5, 5.41) is 3.40. The van der Waals surface area contributed by atoms with Crippen LogP contribution >= 0.6 is 0 Å². The van der Waals surface area contributed by atoms with Crippen LogP contribution in [0.25, 0.3) is 0 Å². The maximum Gasteiger partial charge on any atom is 0.0385 e. The lowest BCUT2D eigenvalue weighted by Crippen LogP contribution is -2.33. The fraction of sp³-hybridized carbons (Fsp3) is 0.684. The summed E-state index contributed by atoms with van der Waals surface area (Å²) in [6.07, 6.45) is 5.21. The van der Waals surface area contributed by atoms with Gasteiger partial charge in [-0.15, -0.1) is 0 Å². The Morgan fingerprint density at radius 3 is 2.52 bits per heavy atom. The number of hydrogen-bond donors (Lipinski definition) is 1. The number of hydrogen-bond acceptors (Lipinski definition) is 2. The van der Waals surface area contributed by atoms with Gasteiger partial charge < -0.3 is 5.32 Å². The molecule has 0 bridgehead atoms. The Morgan fingerprint density at radius 2 is 1.90 bits per heavy atom. The van der Waals surface area contributed by atoms with Crippen LogP contribution in [0, 0.1) is 11.8 Å². The highest BCUT2D eigenvalue weighted by Gasteiger charge is 2.28. The van der Waals surface area contributed by atoms with E-state index in [1.165, 1.54) is 43.4 Å². The molecular formula is C19H32N2. The summed E-state index contributed by atoms with van der Waals surface area (Å²) in [6, 6.07) is 9.97. The molecule has 1 N–H and O–H groups in total. The standard InChI is InChI=1S/C19H32N2/c1-15(2)13-16-8-10-17(11-9-16)19-18(14-20-3)7-5-6-12-21(19)4/h8-11,15,18-20H,5-7,12-14H2,1-4H3. The molecule has 2 atom stereocenters. The Bertz CT molecular complexity index is 410. The van der Waals surface area contributed by atoms with Crippen molar-refractivity contribution in [1.82, 2.24) is 10.2 Å². The van der Waals surface area contributed by atoms with E-state index < -0.39 is 0 Å². The first-order chi connectivity index (χ1) is 10.1. The van der Waals surface area contributed by atoms with Gasteiger partial charge in [-0.1, -0.05) is 44.5 Å². The van der Waals surface area contributed by atoms with Gasteiger partial charge >= 0.3 is 0 Å². The molecule has 0 radical (unpaired) electrons. The number of likely N-dealkylation sites (tertiary alicyclic amines) is 1. The average molecular weight is 288 g/mol. The van der Waals surface area contributed by atoms with Crippen molar-refractivity contribution in [2.45, 2.75) is 45.6 Å². The molecule has 0 spiro atoms. The topological polar surface area (TPSA) is 15.3 Å². The van der Waals surface area contributed by atoms with Gasteiger partial charge in [-0.3, -0.25) is 4.90 Å². The van der Waals surface area contributed by atoms with E-state index in [0.717, 1.165) is 18.4 Å². The zero-order valence-corrected chi connectivity index (χ0v) is 14.2. The van der Waals surface area contributed by atoms with E-state index in [1.54, 1.807) is 0 Å². The zero-order chi connectivity index (χ0) is 15.2. The smallest absolute Gasteiger partial charge is 0.0385 e. The van der Waals surface area contributed by atoms with Crippen LogP contribution < -0.4 is 5.32 Å². The molecule has 0 saturated carbocycles. The quantitative estimate of drug-likeness (QED) is 0.884. The van der Waals surface area contributed by atoms with Gasteiger partial charge in [0, 0.05) is 6.04 Å². The van der Waals surface area contributed by atoms with Crippen LogP contribution in [-0.2, 0) is 6.42 Å². The summed E-state index contributed by atoms with van der Waals surface area (Å²) in [4.78, 5) is 2.56. The number of nitrogens with zero attached hydrogens (tertiary/aromatic N) is 1. The zero-order valence-electron chi connectivity index (χ0n) is 14.2. The third kappa shape index (κ3) is 4.55. The van der Waals surface area contributed by atoms with Gasteiger partial charge in [-0.05, 0) is 69.4 Å². The summed E-state index contributed by atoms with van der Waals surface area (Å²) in [6.45, 7) is 6.91. The molecule has 1 heterocycles. The van der Waals surface area contributed by atoms with Crippen molar-refractivity contribution in [2.75, 3.05) is 27.2 Å². The van der Waals surface area contributed by atoms with Crippen molar-refractivity contribution in [3.05, 3.63) is 35.4 Å². The van der Waals surface area contributed by atoms with Crippen molar-refractivity contribution in [3.8, 4) is 0 Å². The van der Waals surface area contributed by atoms with Gasteiger partial charge in [0.1, 0.15) is 0 Å². The molecule has 1 aromatic carbocycles. The Hall–Kier alpha value is -0.860. The first-order valence-corrected chi connectivity index (χ1v) is 8.55. The maximum atomic E-state index is 3.40. The molecular weight excluding hydrogens is 256 g/mol. The molecule has 1 fully saturated rings.